The van der Waals surface area contributed by atoms with E-state index in [1.807, 2.05) is 18.5 Å². The number of nitrogens with zero attached hydrogens (tertiary/aromatic N) is 4. The molecule has 9 nitrogen and oxygen atoms in total. The highest BCUT2D eigenvalue weighted by molar-refractivity contribution is 5.77. The predicted molar refractivity (Wildman–Crippen MR) is 130 cm³/mol. The minimum Gasteiger partial charge on any atom is -0.474 e. The number of hydrogen-bond donors (Lipinski definition) is 3. The molecule has 0 unspecified atom stereocenters. The molecule has 9 heteroatoms. The second kappa shape index (κ2) is 9.15. The summed E-state index contributed by atoms with van der Waals surface area (Å²) in [6.07, 6.45) is 6.63. The predicted octanol–water partition coefficient (Wildman–Crippen LogP) is 3.33. The highest BCUT2D eigenvalue weighted by Crippen LogP contribution is 2.37. The lowest BCUT2D eigenvalue weighted by atomic mass is 9.96. The molecule has 0 saturated carbocycles. The van der Waals surface area contributed by atoms with Gasteiger partial charge in [0.2, 0.25) is 11.8 Å². The fraction of sp³-hybridized carbons (Fsp3) is 0.440. The smallest absolute Gasteiger partial charge is 0.237 e. The Hall–Kier alpha value is -3.30. The van der Waals surface area contributed by atoms with E-state index in [1.165, 1.54) is 5.56 Å². The number of aromatic nitrogens is 4. The van der Waals surface area contributed by atoms with Crippen molar-refractivity contribution in [1.82, 2.24) is 25.3 Å². The van der Waals surface area contributed by atoms with E-state index in [2.05, 4.69) is 38.9 Å². The quantitative estimate of drug-likeness (QED) is 0.542. The van der Waals surface area contributed by atoms with Crippen LogP contribution in [0.5, 0.6) is 5.88 Å². The van der Waals surface area contributed by atoms with E-state index in [0.717, 1.165) is 91.7 Å². The first-order valence-corrected chi connectivity index (χ1v) is 12.0. The van der Waals surface area contributed by atoms with E-state index in [1.54, 1.807) is 0 Å². The maximum atomic E-state index is 5.73. The average Bonchev–Trinajstić information content (AvgIpc) is 2.89. The summed E-state index contributed by atoms with van der Waals surface area (Å²) < 4.78 is 11.2. The summed E-state index contributed by atoms with van der Waals surface area (Å²) in [5, 5.41) is 10.3. The molecule has 0 spiro atoms. The summed E-state index contributed by atoms with van der Waals surface area (Å²) >= 11 is 0. The minimum atomic E-state index is 0.429. The van der Waals surface area contributed by atoms with Gasteiger partial charge in [-0.05, 0) is 50.4 Å². The van der Waals surface area contributed by atoms with Crippen molar-refractivity contribution in [3.63, 3.8) is 0 Å². The first-order chi connectivity index (χ1) is 16.8. The van der Waals surface area contributed by atoms with Gasteiger partial charge in [0.1, 0.15) is 12.3 Å². The van der Waals surface area contributed by atoms with E-state index in [9.17, 15) is 0 Å². The lowest BCUT2D eigenvalue weighted by Crippen LogP contribution is -2.26. The van der Waals surface area contributed by atoms with E-state index in [4.69, 9.17) is 19.4 Å². The Kier molecular flexibility index (Phi) is 5.72. The molecule has 0 aromatic carbocycles. The van der Waals surface area contributed by atoms with Gasteiger partial charge in [-0.3, -0.25) is 4.98 Å². The number of anilines is 3. The Morgan fingerprint density at radius 2 is 2.00 bits per heavy atom. The minimum absolute atomic E-state index is 0.429. The van der Waals surface area contributed by atoms with Crippen LogP contribution in [0.3, 0.4) is 0 Å². The molecule has 0 atom stereocenters. The van der Waals surface area contributed by atoms with Gasteiger partial charge in [0.25, 0.3) is 0 Å². The number of nitrogens with one attached hydrogen (secondary N) is 3. The zero-order valence-electron chi connectivity index (χ0n) is 19.4. The van der Waals surface area contributed by atoms with Crippen molar-refractivity contribution in [2.24, 2.45) is 0 Å². The average molecular weight is 460 g/mol. The molecular weight excluding hydrogens is 430 g/mol. The summed E-state index contributed by atoms with van der Waals surface area (Å²) in [7, 11) is 0. The third kappa shape index (κ3) is 4.05. The van der Waals surface area contributed by atoms with Gasteiger partial charge < -0.3 is 25.4 Å². The monoisotopic (exact) mass is 459 g/mol. The van der Waals surface area contributed by atoms with Gasteiger partial charge in [-0.25, -0.2) is 15.0 Å². The van der Waals surface area contributed by atoms with E-state index in [-0.39, 0.29) is 0 Å². The summed E-state index contributed by atoms with van der Waals surface area (Å²) in [6.45, 7) is 6.72. The molecule has 6 heterocycles. The van der Waals surface area contributed by atoms with Crippen LogP contribution in [0.4, 0.5) is 17.3 Å². The Morgan fingerprint density at radius 3 is 2.91 bits per heavy atom. The molecule has 176 valence electrons. The summed E-state index contributed by atoms with van der Waals surface area (Å²) in [5.41, 5.74) is 8.25. The molecule has 3 aromatic rings. The SMILES string of the molecule is Cc1c(-c2nc(Nc3ccnc(C4CCOCC4)c3)nc3c2CCNC3)cnc2c1NCCO2. The van der Waals surface area contributed by atoms with Crippen molar-refractivity contribution in [3.8, 4) is 17.1 Å². The van der Waals surface area contributed by atoms with Gasteiger partial charge in [-0.2, -0.15) is 0 Å². The second-order valence-electron chi connectivity index (χ2n) is 8.98. The molecule has 0 aliphatic carbocycles. The number of pyridine rings is 2. The summed E-state index contributed by atoms with van der Waals surface area (Å²) in [4.78, 5) is 19.1. The molecule has 6 rings (SSSR count). The van der Waals surface area contributed by atoms with Crippen LogP contribution >= 0.6 is 0 Å². The summed E-state index contributed by atoms with van der Waals surface area (Å²) in [6, 6.07) is 4.08. The molecular formula is C25H29N7O2. The maximum absolute atomic E-state index is 5.73. The van der Waals surface area contributed by atoms with Crippen molar-refractivity contribution in [2.75, 3.05) is 43.5 Å². The zero-order chi connectivity index (χ0) is 22.9. The standard InChI is InChI=1S/C25H29N7O2/c1-15-19(13-29-24-22(15)28-8-11-34-24)23-18-3-6-26-14-21(18)31-25(32-23)30-17-2-7-27-20(12-17)16-4-9-33-10-5-16/h2,7,12-13,16,26,28H,3-6,8-11,14H2,1H3,(H,27,30,31,32). The van der Waals surface area contributed by atoms with E-state index in [0.29, 0.717) is 24.4 Å². The normalized spacial score (nSPS) is 17.8. The Labute approximate surface area is 198 Å². The molecule has 34 heavy (non-hydrogen) atoms. The van der Waals surface area contributed by atoms with Crippen LogP contribution in [0.2, 0.25) is 0 Å². The molecule has 0 bridgehead atoms. The molecule has 0 amide bonds. The van der Waals surface area contributed by atoms with Gasteiger partial charge in [0.15, 0.2) is 0 Å². The Morgan fingerprint density at radius 1 is 1.09 bits per heavy atom. The highest BCUT2D eigenvalue weighted by Gasteiger charge is 2.24. The van der Waals surface area contributed by atoms with Crippen molar-refractivity contribution in [1.29, 1.82) is 0 Å². The van der Waals surface area contributed by atoms with Gasteiger partial charge in [-0.15, -0.1) is 0 Å². The highest BCUT2D eigenvalue weighted by atomic mass is 16.5. The number of ether oxygens (including phenoxy) is 2. The van der Waals surface area contributed by atoms with Crippen molar-refractivity contribution in [3.05, 3.63) is 47.0 Å². The van der Waals surface area contributed by atoms with Crippen molar-refractivity contribution >= 4 is 17.3 Å². The molecule has 1 fully saturated rings. The molecule has 1 saturated heterocycles. The van der Waals surface area contributed by atoms with E-state index < -0.39 is 0 Å². The molecule has 0 radical (unpaired) electrons. The molecule has 3 aliphatic rings. The van der Waals surface area contributed by atoms with Crippen LogP contribution in [-0.4, -0.2) is 52.8 Å². The molecule has 3 aromatic heterocycles. The van der Waals surface area contributed by atoms with Crippen LogP contribution in [-0.2, 0) is 17.7 Å². The maximum Gasteiger partial charge on any atom is 0.237 e. The van der Waals surface area contributed by atoms with Crippen LogP contribution in [0.25, 0.3) is 11.3 Å². The van der Waals surface area contributed by atoms with Gasteiger partial charge >= 0.3 is 0 Å². The first-order valence-electron chi connectivity index (χ1n) is 12.0. The van der Waals surface area contributed by atoms with Crippen molar-refractivity contribution in [2.45, 2.75) is 38.6 Å². The third-order valence-corrected chi connectivity index (χ3v) is 6.82. The zero-order valence-corrected chi connectivity index (χ0v) is 19.4. The van der Waals surface area contributed by atoms with Gasteiger partial charge in [0.05, 0.1) is 11.4 Å². The van der Waals surface area contributed by atoms with Crippen LogP contribution in [0.1, 0.15) is 41.3 Å². The number of fused-ring (bicyclic) bond motifs is 2. The Bertz CT molecular complexity index is 1210. The largest absolute Gasteiger partial charge is 0.474 e. The lowest BCUT2D eigenvalue weighted by Gasteiger charge is -2.24. The van der Waals surface area contributed by atoms with Crippen LogP contribution in [0, 0.1) is 6.92 Å². The van der Waals surface area contributed by atoms with Crippen LogP contribution < -0.4 is 20.7 Å². The van der Waals surface area contributed by atoms with Crippen LogP contribution in [0.15, 0.2) is 24.5 Å². The third-order valence-electron chi connectivity index (χ3n) is 6.82. The van der Waals surface area contributed by atoms with Gasteiger partial charge in [-0.1, -0.05) is 0 Å². The summed E-state index contributed by atoms with van der Waals surface area (Å²) in [5.74, 6) is 1.68. The fourth-order valence-corrected chi connectivity index (χ4v) is 4.97. The van der Waals surface area contributed by atoms with Crippen molar-refractivity contribution < 1.29 is 9.47 Å². The second-order valence-corrected chi connectivity index (χ2v) is 8.98. The first kappa shape index (κ1) is 21.2. The number of hydrogen-bond acceptors (Lipinski definition) is 9. The van der Waals surface area contributed by atoms with E-state index >= 15 is 0 Å². The Balaban J connectivity index is 1.37. The van der Waals surface area contributed by atoms with Gasteiger partial charge in [0, 0.05) is 67.1 Å². The fourth-order valence-electron chi connectivity index (χ4n) is 4.97. The number of rotatable bonds is 4. The molecule has 3 N–H and O–H groups in total. The topological polar surface area (TPSA) is 106 Å². The molecule has 3 aliphatic heterocycles. The lowest BCUT2D eigenvalue weighted by molar-refractivity contribution is 0.0845.